The zero-order valence-electron chi connectivity index (χ0n) is 18.5. The Hall–Kier alpha value is -2.29. The van der Waals surface area contributed by atoms with Crippen LogP contribution in [0.25, 0.3) is 10.6 Å². The summed E-state index contributed by atoms with van der Waals surface area (Å²) in [6.07, 6.45) is -0.487. The summed E-state index contributed by atoms with van der Waals surface area (Å²) in [4.78, 5) is 9.56. The minimum Gasteiger partial charge on any atom is -0.497 e. The molecule has 0 aliphatic carbocycles. The first-order valence-electron chi connectivity index (χ1n) is 11.0. The van der Waals surface area contributed by atoms with Gasteiger partial charge in [0.05, 0.1) is 32.1 Å². The molecule has 3 aromatic rings. The molecule has 0 radical (unpaired) electrons. The number of aliphatic hydroxyl groups is 1. The lowest BCUT2D eigenvalue weighted by molar-refractivity contribution is 0.000786. The fraction of sp³-hybridized carbons (Fsp3) is 0.400. The molecule has 2 aromatic carbocycles. The molecule has 2 heterocycles. The Bertz CT molecular complexity index is 958. The highest BCUT2D eigenvalue weighted by Gasteiger charge is 2.20. The maximum absolute atomic E-state index is 10.4. The average molecular weight is 454 g/mol. The van der Waals surface area contributed by atoms with Gasteiger partial charge in [0.2, 0.25) is 0 Å². The lowest BCUT2D eigenvalue weighted by Crippen LogP contribution is -2.48. The van der Waals surface area contributed by atoms with Crippen molar-refractivity contribution in [3.8, 4) is 16.3 Å². The van der Waals surface area contributed by atoms with Gasteiger partial charge in [-0.25, -0.2) is 4.98 Å². The quantitative estimate of drug-likeness (QED) is 0.507. The summed E-state index contributed by atoms with van der Waals surface area (Å²) in [6, 6.07) is 18.1. The number of benzene rings is 2. The molecule has 0 bridgehead atoms. The van der Waals surface area contributed by atoms with E-state index >= 15 is 0 Å². The highest BCUT2D eigenvalue weighted by molar-refractivity contribution is 7.13. The molecule has 0 unspecified atom stereocenters. The summed E-state index contributed by atoms with van der Waals surface area (Å²) < 4.78 is 10.9. The number of aliphatic hydroxyl groups excluding tert-OH is 1. The second kappa shape index (κ2) is 11.5. The van der Waals surface area contributed by atoms with E-state index in [-0.39, 0.29) is 0 Å². The number of thiazole rings is 1. The van der Waals surface area contributed by atoms with Gasteiger partial charge in [0.25, 0.3) is 0 Å². The van der Waals surface area contributed by atoms with Crippen LogP contribution in [0.1, 0.15) is 11.3 Å². The Balaban J connectivity index is 1.15. The van der Waals surface area contributed by atoms with Crippen molar-refractivity contribution in [1.29, 1.82) is 0 Å². The molecule has 170 valence electrons. The van der Waals surface area contributed by atoms with E-state index in [1.165, 1.54) is 5.56 Å². The zero-order valence-corrected chi connectivity index (χ0v) is 19.3. The fourth-order valence-electron chi connectivity index (χ4n) is 3.88. The van der Waals surface area contributed by atoms with E-state index in [0.717, 1.165) is 54.7 Å². The molecular weight excluding hydrogens is 422 g/mol. The number of β-amino-alcohol motifs (C(OH)–C–C–N with tert-alkyl or cyclic N) is 1. The number of methoxy groups -OCH3 is 1. The first-order valence-corrected chi connectivity index (χ1v) is 11.9. The van der Waals surface area contributed by atoms with Crippen molar-refractivity contribution in [3.63, 3.8) is 0 Å². The van der Waals surface area contributed by atoms with Gasteiger partial charge in [-0.05, 0) is 17.7 Å². The number of nitrogens with zero attached hydrogens (tertiary/aromatic N) is 3. The Kier molecular flexibility index (Phi) is 8.25. The van der Waals surface area contributed by atoms with Gasteiger partial charge >= 0.3 is 0 Å². The van der Waals surface area contributed by atoms with Crippen LogP contribution < -0.4 is 4.74 Å². The molecule has 4 rings (SSSR count). The molecule has 1 aromatic heterocycles. The molecule has 1 aliphatic rings. The van der Waals surface area contributed by atoms with Crippen molar-refractivity contribution in [1.82, 2.24) is 14.8 Å². The molecule has 32 heavy (non-hydrogen) atoms. The van der Waals surface area contributed by atoms with Gasteiger partial charge in [-0.15, -0.1) is 11.3 Å². The Morgan fingerprint density at radius 1 is 1.03 bits per heavy atom. The van der Waals surface area contributed by atoms with Gasteiger partial charge in [0, 0.05) is 50.2 Å². The molecule has 0 spiro atoms. The second-order valence-electron chi connectivity index (χ2n) is 8.11. The van der Waals surface area contributed by atoms with Crippen molar-refractivity contribution in [3.05, 3.63) is 71.2 Å². The minimum atomic E-state index is -0.487. The fourth-order valence-corrected chi connectivity index (χ4v) is 4.69. The summed E-state index contributed by atoms with van der Waals surface area (Å²) in [5.74, 6) is 0.818. The van der Waals surface area contributed by atoms with E-state index in [9.17, 15) is 5.11 Å². The monoisotopic (exact) mass is 453 g/mol. The van der Waals surface area contributed by atoms with Crippen LogP contribution in [0.3, 0.4) is 0 Å². The van der Waals surface area contributed by atoms with Gasteiger partial charge in [-0.2, -0.15) is 0 Å². The van der Waals surface area contributed by atoms with Crippen molar-refractivity contribution in [2.75, 3.05) is 46.4 Å². The lowest BCUT2D eigenvalue weighted by Gasteiger charge is -2.35. The summed E-state index contributed by atoms with van der Waals surface area (Å²) in [5, 5.41) is 13.6. The zero-order chi connectivity index (χ0) is 22.2. The topological polar surface area (TPSA) is 58.1 Å². The molecule has 7 heteroatoms. The SMILES string of the molecule is COc1cccc(COC[C@H](O)CN2CCN(Cc3csc(-c4ccccc4)n3)CC2)c1. The van der Waals surface area contributed by atoms with Crippen LogP contribution in [-0.4, -0.2) is 72.4 Å². The van der Waals surface area contributed by atoms with Crippen molar-refractivity contribution >= 4 is 11.3 Å². The highest BCUT2D eigenvalue weighted by Crippen LogP contribution is 2.24. The number of hydrogen-bond acceptors (Lipinski definition) is 7. The first-order chi connectivity index (χ1) is 15.7. The summed E-state index contributed by atoms with van der Waals surface area (Å²) >= 11 is 1.71. The Labute approximate surface area is 194 Å². The number of ether oxygens (including phenoxy) is 2. The predicted octanol–water partition coefficient (Wildman–Crippen LogP) is 3.51. The largest absolute Gasteiger partial charge is 0.497 e. The summed E-state index contributed by atoms with van der Waals surface area (Å²) in [6.45, 7) is 6.18. The van der Waals surface area contributed by atoms with Crippen molar-refractivity contribution in [2.45, 2.75) is 19.3 Å². The van der Waals surface area contributed by atoms with Gasteiger partial charge in [-0.1, -0.05) is 42.5 Å². The third-order valence-corrected chi connectivity index (χ3v) is 6.55. The van der Waals surface area contributed by atoms with Gasteiger partial charge in [-0.3, -0.25) is 9.80 Å². The maximum atomic E-state index is 10.4. The normalized spacial score (nSPS) is 16.2. The molecule has 1 saturated heterocycles. The van der Waals surface area contributed by atoms with Gasteiger partial charge in [0.1, 0.15) is 10.8 Å². The highest BCUT2D eigenvalue weighted by atomic mass is 32.1. The van der Waals surface area contributed by atoms with Crippen LogP contribution in [0.2, 0.25) is 0 Å². The lowest BCUT2D eigenvalue weighted by atomic mass is 10.2. The third kappa shape index (κ3) is 6.60. The van der Waals surface area contributed by atoms with Crippen LogP contribution >= 0.6 is 11.3 Å². The number of rotatable bonds is 10. The van der Waals surface area contributed by atoms with E-state index in [1.54, 1.807) is 18.4 Å². The molecule has 0 saturated carbocycles. The smallest absolute Gasteiger partial charge is 0.123 e. The van der Waals surface area contributed by atoms with Gasteiger partial charge in [0.15, 0.2) is 0 Å². The average Bonchev–Trinajstić information content (AvgIpc) is 3.29. The molecule has 0 amide bonds. The second-order valence-corrected chi connectivity index (χ2v) is 8.97. The molecule has 1 aliphatic heterocycles. The van der Waals surface area contributed by atoms with E-state index in [1.807, 2.05) is 42.5 Å². The summed E-state index contributed by atoms with van der Waals surface area (Å²) in [7, 11) is 1.66. The minimum absolute atomic E-state index is 0.332. The van der Waals surface area contributed by atoms with Crippen LogP contribution in [0, 0.1) is 0 Å². The van der Waals surface area contributed by atoms with E-state index in [4.69, 9.17) is 14.5 Å². The van der Waals surface area contributed by atoms with Crippen LogP contribution in [0.4, 0.5) is 0 Å². The number of aromatic nitrogens is 1. The molecule has 1 fully saturated rings. The number of piperazine rings is 1. The predicted molar refractivity (Wildman–Crippen MR) is 128 cm³/mol. The molecule has 1 N–H and O–H groups in total. The molecule has 6 nitrogen and oxygen atoms in total. The van der Waals surface area contributed by atoms with Gasteiger partial charge < -0.3 is 14.6 Å². The van der Waals surface area contributed by atoms with Crippen LogP contribution in [0.15, 0.2) is 60.0 Å². The van der Waals surface area contributed by atoms with E-state index in [0.29, 0.717) is 19.8 Å². The number of hydrogen-bond donors (Lipinski definition) is 1. The standard InChI is InChI=1S/C25H31N3O3S/c1-30-24-9-5-6-20(14-24)17-31-18-23(29)16-28-12-10-27(11-13-28)15-22-19-32-25(26-22)21-7-3-2-4-8-21/h2-9,14,19,23,29H,10-13,15-18H2,1H3/t23-/m1/s1. The molecule has 1 atom stereocenters. The van der Waals surface area contributed by atoms with Crippen LogP contribution in [0.5, 0.6) is 5.75 Å². The van der Waals surface area contributed by atoms with Crippen LogP contribution in [-0.2, 0) is 17.9 Å². The van der Waals surface area contributed by atoms with Crippen molar-refractivity contribution < 1.29 is 14.6 Å². The first kappa shape index (κ1) is 22.9. The maximum Gasteiger partial charge on any atom is 0.123 e. The summed E-state index contributed by atoms with van der Waals surface area (Å²) in [5.41, 5.74) is 3.35. The Morgan fingerprint density at radius 3 is 2.59 bits per heavy atom. The van der Waals surface area contributed by atoms with E-state index in [2.05, 4.69) is 27.3 Å². The van der Waals surface area contributed by atoms with Crippen molar-refractivity contribution in [2.24, 2.45) is 0 Å². The molecular formula is C25H31N3O3S. The third-order valence-electron chi connectivity index (χ3n) is 5.61. The Morgan fingerprint density at radius 2 is 1.81 bits per heavy atom. The van der Waals surface area contributed by atoms with E-state index < -0.39 is 6.10 Å².